The van der Waals surface area contributed by atoms with Crippen LogP contribution in [0.2, 0.25) is 0 Å². The predicted octanol–water partition coefficient (Wildman–Crippen LogP) is 3.19. The number of likely N-dealkylation sites (N-methyl/N-ethyl adjacent to an activating group) is 1. The zero-order valence-electron chi connectivity index (χ0n) is 14.2. The largest absolute Gasteiger partial charge is 0.347 e. The molecule has 0 unspecified atom stereocenters. The first kappa shape index (κ1) is 21.4. The number of nitrogens with one attached hydrogen (secondary N) is 2. The van der Waals surface area contributed by atoms with Gasteiger partial charge in [0.1, 0.15) is 5.82 Å². The van der Waals surface area contributed by atoms with E-state index < -0.39 is 0 Å². The predicted molar refractivity (Wildman–Crippen MR) is 112 cm³/mol. The summed E-state index contributed by atoms with van der Waals surface area (Å²) in [6.07, 6.45) is 0.927. The van der Waals surface area contributed by atoms with E-state index >= 15 is 0 Å². The van der Waals surface area contributed by atoms with Crippen LogP contribution >= 0.6 is 35.3 Å². The van der Waals surface area contributed by atoms with Crippen LogP contribution in [0.4, 0.5) is 10.1 Å². The minimum atomic E-state index is -0.334. The van der Waals surface area contributed by atoms with E-state index in [1.54, 1.807) is 18.4 Å². The number of carbonyl (C=O) groups is 1. The third kappa shape index (κ3) is 7.39. The molecular weight excluding hydrogens is 454 g/mol. The number of thiophene rings is 1. The molecule has 0 saturated carbocycles. The number of hydrogen-bond acceptors (Lipinski definition) is 3. The highest BCUT2D eigenvalue weighted by molar-refractivity contribution is 14.0. The summed E-state index contributed by atoms with van der Waals surface area (Å²) in [5.74, 6) is 0.106. The van der Waals surface area contributed by atoms with Gasteiger partial charge in [-0.1, -0.05) is 6.07 Å². The molecule has 0 bridgehead atoms. The number of nitrogens with zero attached hydrogens (tertiary/aromatic N) is 2. The molecule has 1 heterocycles. The van der Waals surface area contributed by atoms with Crippen molar-refractivity contribution in [1.29, 1.82) is 0 Å². The van der Waals surface area contributed by atoms with Gasteiger partial charge in [-0.05, 0) is 42.1 Å². The highest BCUT2D eigenvalue weighted by atomic mass is 127. The summed E-state index contributed by atoms with van der Waals surface area (Å²) in [5, 5.41) is 7.78. The molecule has 0 atom stereocenters. The number of carbonyl (C=O) groups excluding carboxylic acids is 1. The molecule has 0 radical (unpaired) electrons. The van der Waals surface area contributed by atoms with E-state index in [-0.39, 0.29) is 42.2 Å². The number of anilines is 1. The van der Waals surface area contributed by atoms with E-state index in [0.717, 1.165) is 13.0 Å². The van der Waals surface area contributed by atoms with E-state index in [1.807, 2.05) is 18.0 Å². The molecule has 25 heavy (non-hydrogen) atoms. The Balaban J connectivity index is 0.00000312. The quantitative estimate of drug-likeness (QED) is 0.383. The van der Waals surface area contributed by atoms with Gasteiger partial charge >= 0.3 is 0 Å². The molecule has 0 aliphatic carbocycles. The first-order chi connectivity index (χ1) is 11.6. The van der Waals surface area contributed by atoms with Crippen LogP contribution in [0.5, 0.6) is 0 Å². The molecule has 1 aromatic carbocycles. The van der Waals surface area contributed by atoms with Crippen molar-refractivity contribution in [3.63, 3.8) is 0 Å². The first-order valence-corrected chi connectivity index (χ1v) is 8.46. The van der Waals surface area contributed by atoms with Crippen molar-refractivity contribution in [1.82, 2.24) is 10.2 Å². The van der Waals surface area contributed by atoms with Crippen LogP contribution < -0.4 is 10.6 Å². The molecule has 1 aromatic heterocycles. The SMILES string of the molecule is CN=C(NCC(=O)Nc1ccc(F)cc1)N(C)CCc1cccs1.I. The lowest BCUT2D eigenvalue weighted by Gasteiger charge is -2.21. The second-order valence-corrected chi connectivity index (χ2v) is 6.24. The molecule has 5 nitrogen and oxygen atoms in total. The summed E-state index contributed by atoms with van der Waals surface area (Å²) >= 11 is 1.73. The van der Waals surface area contributed by atoms with E-state index in [4.69, 9.17) is 0 Å². The topological polar surface area (TPSA) is 56.7 Å². The Hall–Kier alpha value is -1.68. The van der Waals surface area contributed by atoms with Gasteiger partial charge in [0.05, 0.1) is 6.54 Å². The van der Waals surface area contributed by atoms with Gasteiger partial charge in [-0.15, -0.1) is 35.3 Å². The molecule has 0 fully saturated rings. The highest BCUT2D eigenvalue weighted by Gasteiger charge is 2.09. The molecule has 2 aromatic rings. The number of halogens is 2. The molecule has 0 spiro atoms. The van der Waals surface area contributed by atoms with Crippen LogP contribution in [0.1, 0.15) is 4.88 Å². The summed E-state index contributed by atoms with van der Waals surface area (Å²) < 4.78 is 12.8. The van der Waals surface area contributed by atoms with Gasteiger partial charge in [0, 0.05) is 31.2 Å². The van der Waals surface area contributed by atoms with Crippen molar-refractivity contribution < 1.29 is 9.18 Å². The fourth-order valence-electron chi connectivity index (χ4n) is 2.12. The van der Waals surface area contributed by atoms with Crippen LogP contribution in [-0.2, 0) is 11.2 Å². The standard InChI is InChI=1S/C17H21FN4OS.HI/c1-19-17(22(2)10-9-15-4-3-11-24-15)20-12-16(23)21-14-7-5-13(18)6-8-14;/h3-8,11H,9-10,12H2,1-2H3,(H,19,20)(H,21,23);1H. The molecule has 0 aliphatic rings. The minimum absolute atomic E-state index is 0. The minimum Gasteiger partial charge on any atom is -0.347 e. The summed E-state index contributed by atoms with van der Waals surface area (Å²) in [6.45, 7) is 0.896. The van der Waals surface area contributed by atoms with Crippen molar-refractivity contribution in [2.24, 2.45) is 4.99 Å². The van der Waals surface area contributed by atoms with Gasteiger partial charge in [-0.3, -0.25) is 9.79 Å². The van der Waals surface area contributed by atoms with Crippen molar-refractivity contribution in [2.75, 3.05) is 32.5 Å². The maximum absolute atomic E-state index is 12.8. The average Bonchev–Trinajstić information content (AvgIpc) is 3.09. The van der Waals surface area contributed by atoms with Crippen LogP contribution in [0, 0.1) is 5.82 Å². The Morgan fingerprint density at radius 1 is 1.28 bits per heavy atom. The molecule has 2 N–H and O–H groups in total. The number of guanidine groups is 1. The Labute approximate surface area is 168 Å². The zero-order chi connectivity index (χ0) is 17.4. The summed E-state index contributed by atoms with van der Waals surface area (Å²) in [5.41, 5.74) is 0.559. The molecule has 0 aliphatic heterocycles. The van der Waals surface area contributed by atoms with Gasteiger partial charge in [-0.2, -0.15) is 0 Å². The van der Waals surface area contributed by atoms with Gasteiger partial charge in [0.2, 0.25) is 5.91 Å². The van der Waals surface area contributed by atoms with Crippen molar-refractivity contribution >= 4 is 52.9 Å². The van der Waals surface area contributed by atoms with E-state index in [2.05, 4.69) is 27.1 Å². The molecular formula is C17H22FIN4OS. The third-order valence-corrected chi connectivity index (χ3v) is 4.32. The molecule has 0 saturated heterocycles. The van der Waals surface area contributed by atoms with Crippen molar-refractivity contribution in [2.45, 2.75) is 6.42 Å². The fourth-order valence-corrected chi connectivity index (χ4v) is 2.82. The van der Waals surface area contributed by atoms with Gasteiger partial charge in [0.15, 0.2) is 5.96 Å². The van der Waals surface area contributed by atoms with Crippen molar-refractivity contribution in [3.8, 4) is 0 Å². The fraction of sp³-hybridized carbons (Fsp3) is 0.294. The molecule has 136 valence electrons. The zero-order valence-corrected chi connectivity index (χ0v) is 17.3. The second kappa shape index (κ2) is 11.0. The average molecular weight is 476 g/mol. The normalized spacial score (nSPS) is 10.8. The van der Waals surface area contributed by atoms with Crippen LogP contribution in [0.25, 0.3) is 0 Å². The van der Waals surface area contributed by atoms with Gasteiger partial charge in [0.25, 0.3) is 0 Å². The smallest absolute Gasteiger partial charge is 0.243 e. The summed E-state index contributed by atoms with van der Waals surface area (Å²) in [4.78, 5) is 19.4. The van der Waals surface area contributed by atoms with Crippen molar-refractivity contribution in [3.05, 3.63) is 52.5 Å². The van der Waals surface area contributed by atoms with Crippen LogP contribution in [-0.4, -0.2) is 44.0 Å². The lowest BCUT2D eigenvalue weighted by molar-refractivity contribution is -0.115. The molecule has 1 amide bonds. The van der Waals surface area contributed by atoms with Gasteiger partial charge < -0.3 is 15.5 Å². The number of benzene rings is 1. The Morgan fingerprint density at radius 2 is 2.00 bits per heavy atom. The van der Waals surface area contributed by atoms with E-state index in [9.17, 15) is 9.18 Å². The summed E-state index contributed by atoms with van der Waals surface area (Å²) in [6, 6.07) is 9.79. The number of rotatable bonds is 6. The lowest BCUT2D eigenvalue weighted by atomic mass is 10.3. The van der Waals surface area contributed by atoms with Crippen LogP contribution in [0.3, 0.4) is 0 Å². The second-order valence-electron chi connectivity index (χ2n) is 5.21. The van der Waals surface area contributed by atoms with E-state index in [1.165, 1.54) is 29.1 Å². The van der Waals surface area contributed by atoms with Gasteiger partial charge in [-0.25, -0.2) is 4.39 Å². The van der Waals surface area contributed by atoms with E-state index in [0.29, 0.717) is 11.6 Å². The monoisotopic (exact) mass is 476 g/mol. The Morgan fingerprint density at radius 3 is 2.60 bits per heavy atom. The number of aliphatic imine (C=N–C) groups is 1. The van der Waals surface area contributed by atoms with Crippen LogP contribution in [0.15, 0.2) is 46.8 Å². The maximum atomic E-state index is 12.8. The molecule has 2 rings (SSSR count). The lowest BCUT2D eigenvalue weighted by Crippen LogP contribution is -2.43. The third-order valence-electron chi connectivity index (χ3n) is 3.38. The first-order valence-electron chi connectivity index (χ1n) is 7.58. The highest BCUT2D eigenvalue weighted by Crippen LogP contribution is 2.09. The maximum Gasteiger partial charge on any atom is 0.243 e. The number of amides is 1. The summed E-state index contributed by atoms with van der Waals surface area (Å²) in [7, 11) is 3.61. The Kier molecular flexibility index (Phi) is 9.43. The molecule has 8 heteroatoms. The number of hydrogen-bond donors (Lipinski definition) is 2. The Bertz CT molecular complexity index is 676.